The number of rotatable bonds is 5. The fourth-order valence-corrected chi connectivity index (χ4v) is 3.74. The Balaban J connectivity index is 1.80. The first kappa shape index (κ1) is 16.1. The zero-order chi connectivity index (χ0) is 16.2. The summed E-state index contributed by atoms with van der Waals surface area (Å²) < 4.78 is 8.40. The van der Waals surface area contributed by atoms with Gasteiger partial charge in [-0.3, -0.25) is 0 Å². The van der Waals surface area contributed by atoms with Crippen molar-refractivity contribution >= 4 is 27.7 Å². The van der Waals surface area contributed by atoms with E-state index in [1.807, 2.05) is 54.1 Å². The largest absolute Gasteiger partial charge is 0.497 e. The molecular weight excluding hydrogens is 374 g/mol. The number of hydrogen-bond donors (Lipinski definition) is 0. The molecule has 0 amide bonds. The molecule has 0 N–H and O–H groups in total. The smallest absolute Gasteiger partial charge is 0.191 e. The number of halogens is 1. The van der Waals surface area contributed by atoms with Crippen molar-refractivity contribution < 1.29 is 4.74 Å². The van der Waals surface area contributed by atoms with E-state index in [-0.39, 0.29) is 0 Å². The first-order valence-electron chi connectivity index (χ1n) is 7.09. The summed E-state index contributed by atoms with van der Waals surface area (Å²) in [5, 5.41) is 9.52. The number of aromatic nitrogens is 3. The molecule has 0 bridgehead atoms. The lowest BCUT2D eigenvalue weighted by molar-refractivity contribution is 0.415. The van der Waals surface area contributed by atoms with Gasteiger partial charge in [0, 0.05) is 22.8 Å². The first-order chi connectivity index (χ1) is 11.2. The lowest BCUT2D eigenvalue weighted by Crippen LogP contribution is -1.95. The summed E-state index contributed by atoms with van der Waals surface area (Å²) in [6, 6.07) is 16.1. The van der Waals surface area contributed by atoms with Gasteiger partial charge in [0.2, 0.25) is 0 Å². The van der Waals surface area contributed by atoms with Gasteiger partial charge in [-0.25, -0.2) is 0 Å². The van der Waals surface area contributed by atoms with Crippen molar-refractivity contribution in [3.8, 4) is 17.1 Å². The summed E-state index contributed by atoms with van der Waals surface area (Å²) in [6.07, 6.45) is 0. The standard InChI is InChI=1S/C17H16BrN3OS/c1-21-16(12-7-5-8-14(10-12)22-2)19-20-17(21)23-11-13-6-3-4-9-15(13)18/h3-10H,11H2,1-2H3. The average Bonchev–Trinajstić information content (AvgIpc) is 2.95. The molecule has 23 heavy (non-hydrogen) atoms. The van der Waals surface area contributed by atoms with Gasteiger partial charge in [-0.1, -0.05) is 58.0 Å². The quantitative estimate of drug-likeness (QED) is 0.600. The Morgan fingerprint density at radius 1 is 1.13 bits per heavy atom. The van der Waals surface area contributed by atoms with Crippen molar-refractivity contribution in [3.63, 3.8) is 0 Å². The second-order valence-corrected chi connectivity index (χ2v) is 6.77. The topological polar surface area (TPSA) is 39.9 Å². The molecule has 0 saturated carbocycles. The van der Waals surface area contributed by atoms with Crippen LogP contribution in [0, 0.1) is 0 Å². The Bertz CT molecular complexity index is 819. The summed E-state index contributed by atoms with van der Waals surface area (Å²) in [7, 11) is 3.64. The van der Waals surface area contributed by atoms with Crippen molar-refractivity contribution in [1.82, 2.24) is 14.8 Å². The van der Waals surface area contributed by atoms with Crippen molar-refractivity contribution in [1.29, 1.82) is 0 Å². The number of benzene rings is 2. The molecule has 0 unspecified atom stereocenters. The molecule has 1 aromatic heterocycles. The maximum absolute atomic E-state index is 5.27. The van der Waals surface area contributed by atoms with Gasteiger partial charge in [0.05, 0.1) is 7.11 Å². The van der Waals surface area contributed by atoms with Gasteiger partial charge in [0.1, 0.15) is 5.75 Å². The highest BCUT2D eigenvalue weighted by Crippen LogP contribution is 2.28. The second-order valence-electron chi connectivity index (χ2n) is 4.98. The zero-order valence-electron chi connectivity index (χ0n) is 12.9. The normalized spacial score (nSPS) is 10.7. The summed E-state index contributed by atoms with van der Waals surface area (Å²) in [5.74, 6) is 2.48. The molecule has 0 atom stereocenters. The molecule has 0 spiro atoms. The highest BCUT2D eigenvalue weighted by atomic mass is 79.9. The van der Waals surface area contributed by atoms with E-state index in [1.165, 1.54) is 5.56 Å². The van der Waals surface area contributed by atoms with E-state index in [0.717, 1.165) is 32.5 Å². The summed E-state index contributed by atoms with van der Waals surface area (Å²) in [6.45, 7) is 0. The van der Waals surface area contributed by atoms with E-state index in [1.54, 1.807) is 18.9 Å². The van der Waals surface area contributed by atoms with Crippen molar-refractivity contribution in [2.24, 2.45) is 7.05 Å². The molecule has 1 heterocycles. The highest BCUT2D eigenvalue weighted by Gasteiger charge is 2.12. The van der Waals surface area contributed by atoms with Crippen LogP contribution in [0.1, 0.15) is 5.56 Å². The third-order valence-corrected chi connectivity index (χ3v) is 5.32. The average molecular weight is 390 g/mol. The van der Waals surface area contributed by atoms with Crippen LogP contribution >= 0.6 is 27.7 Å². The number of ether oxygens (including phenoxy) is 1. The fraction of sp³-hybridized carbons (Fsp3) is 0.176. The van der Waals surface area contributed by atoms with Crippen molar-refractivity contribution in [3.05, 3.63) is 58.6 Å². The monoisotopic (exact) mass is 389 g/mol. The van der Waals surface area contributed by atoms with Crippen molar-refractivity contribution in [2.75, 3.05) is 7.11 Å². The molecule has 6 heteroatoms. The van der Waals surface area contributed by atoms with E-state index >= 15 is 0 Å². The molecule has 4 nitrogen and oxygen atoms in total. The molecule has 2 aromatic carbocycles. The number of thioether (sulfide) groups is 1. The number of hydrogen-bond acceptors (Lipinski definition) is 4. The van der Waals surface area contributed by atoms with E-state index in [2.05, 4.69) is 32.2 Å². The molecule has 0 fully saturated rings. The molecular formula is C17H16BrN3OS. The Morgan fingerprint density at radius 3 is 2.74 bits per heavy atom. The maximum Gasteiger partial charge on any atom is 0.191 e. The first-order valence-corrected chi connectivity index (χ1v) is 8.87. The lowest BCUT2D eigenvalue weighted by atomic mass is 10.2. The third kappa shape index (κ3) is 3.59. The molecule has 0 radical (unpaired) electrons. The molecule has 0 aliphatic carbocycles. The summed E-state index contributed by atoms with van der Waals surface area (Å²) in [5.41, 5.74) is 2.23. The van der Waals surface area contributed by atoms with Gasteiger partial charge in [0.25, 0.3) is 0 Å². The van der Waals surface area contributed by atoms with Gasteiger partial charge in [-0.05, 0) is 23.8 Å². The van der Waals surface area contributed by atoms with Crippen LogP contribution in [0.15, 0.2) is 58.2 Å². The van der Waals surface area contributed by atoms with Gasteiger partial charge < -0.3 is 9.30 Å². The Labute approximate surface area is 148 Å². The van der Waals surface area contributed by atoms with Gasteiger partial charge in [-0.15, -0.1) is 10.2 Å². The zero-order valence-corrected chi connectivity index (χ0v) is 15.3. The lowest BCUT2D eigenvalue weighted by Gasteiger charge is -2.06. The van der Waals surface area contributed by atoms with Crippen LogP contribution in [-0.4, -0.2) is 21.9 Å². The Morgan fingerprint density at radius 2 is 1.96 bits per heavy atom. The number of nitrogens with zero attached hydrogens (tertiary/aromatic N) is 3. The van der Waals surface area contributed by atoms with Crippen LogP contribution in [-0.2, 0) is 12.8 Å². The van der Waals surface area contributed by atoms with E-state index in [0.29, 0.717) is 0 Å². The molecule has 0 aliphatic rings. The van der Waals surface area contributed by atoms with E-state index < -0.39 is 0 Å². The van der Waals surface area contributed by atoms with Crippen LogP contribution in [0.3, 0.4) is 0 Å². The summed E-state index contributed by atoms with van der Waals surface area (Å²) >= 11 is 5.24. The van der Waals surface area contributed by atoms with Crippen molar-refractivity contribution in [2.45, 2.75) is 10.9 Å². The molecule has 0 aliphatic heterocycles. The van der Waals surface area contributed by atoms with E-state index in [4.69, 9.17) is 4.74 Å². The minimum Gasteiger partial charge on any atom is -0.497 e. The van der Waals surface area contributed by atoms with Gasteiger partial charge >= 0.3 is 0 Å². The maximum atomic E-state index is 5.27. The van der Waals surface area contributed by atoms with Crippen LogP contribution in [0.5, 0.6) is 5.75 Å². The minimum absolute atomic E-state index is 0.813. The van der Waals surface area contributed by atoms with Crippen LogP contribution in [0.2, 0.25) is 0 Å². The van der Waals surface area contributed by atoms with Gasteiger partial charge in [-0.2, -0.15) is 0 Å². The number of methoxy groups -OCH3 is 1. The van der Waals surface area contributed by atoms with Crippen LogP contribution in [0.25, 0.3) is 11.4 Å². The molecule has 0 saturated heterocycles. The Kier molecular flexibility index (Phi) is 5.03. The molecule has 3 rings (SSSR count). The van der Waals surface area contributed by atoms with Crippen LogP contribution < -0.4 is 4.74 Å². The summed E-state index contributed by atoms with van der Waals surface area (Å²) in [4.78, 5) is 0. The Hall–Kier alpha value is -1.79. The minimum atomic E-state index is 0.813. The fourth-order valence-electron chi connectivity index (χ4n) is 2.21. The van der Waals surface area contributed by atoms with Crippen LogP contribution in [0.4, 0.5) is 0 Å². The predicted molar refractivity (Wildman–Crippen MR) is 96.7 cm³/mol. The van der Waals surface area contributed by atoms with Gasteiger partial charge in [0.15, 0.2) is 11.0 Å². The molecule has 3 aromatic rings. The highest BCUT2D eigenvalue weighted by molar-refractivity contribution is 9.10. The molecule has 118 valence electrons. The predicted octanol–water partition coefficient (Wildman–Crippen LogP) is 4.55. The SMILES string of the molecule is COc1cccc(-c2nnc(SCc3ccccc3Br)n2C)c1. The van der Waals surface area contributed by atoms with E-state index in [9.17, 15) is 0 Å². The third-order valence-electron chi connectivity index (χ3n) is 3.48. The second kappa shape index (κ2) is 7.19.